The molecule has 0 amide bonds. The third-order valence-electron chi connectivity index (χ3n) is 9.01. The predicted octanol–water partition coefficient (Wildman–Crippen LogP) is 7.01. The summed E-state index contributed by atoms with van der Waals surface area (Å²) in [7, 11) is 0. The molecule has 0 atom stereocenters. The zero-order valence-corrected chi connectivity index (χ0v) is 21.0. The summed E-state index contributed by atoms with van der Waals surface area (Å²) in [6.45, 7) is 5.22. The summed E-state index contributed by atoms with van der Waals surface area (Å²) in [4.78, 5) is 14.5. The van der Waals surface area contributed by atoms with E-state index in [2.05, 4.69) is 44.5 Å². The molecule has 1 N–H and O–H groups in total. The number of hydrogen-bond donors (Lipinski definition) is 1. The highest BCUT2D eigenvalue weighted by Crippen LogP contribution is 2.47. The molecule has 3 aliphatic rings. The number of carboxylic acids is 1. The van der Waals surface area contributed by atoms with Gasteiger partial charge >= 0.3 is 5.97 Å². The van der Waals surface area contributed by atoms with Crippen LogP contribution < -0.4 is 0 Å². The van der Waals surface area contributed by atoms with Crippen molar-refractivity contribution in [2.75, 3.05) is 13.1 Å². The molecule has 5 heteroatoms. The zero-order chi connectivity index (χ0) is 24.2. The van der Waals surface area contributed by atoms with Crippen LogP contribution in [0.4, 0.5) is 0 Å². The number of para-hydroxylation sites is 1. The van der Waals surface area contributed by atoms with E-state index in [0.717, 1.165) is 25.2 Å². The molecule has 2 aliphatic heterocycles. The average Bonchev–Trinajstić information content (AvgIpc) is 3.37. The Bertz CT molecular complexity index is 1460. The van der Waals surface area contributed by atoms with E-state index in [9.17, 15) is 9.90 Å². The molecule has 0 spiro atoms. The van der Waals surface area contributed by atoms with Crippen LogP contribution in [0.2, 0.25) is 0 Å². The van der Waals surface area contributed by atoms with E-state index in [1.807, 2.05) is 6.07 Å². The number of hydrogen-bond acceptors (Lipinski definition) is 2. The average molecular weight is 482 g/mol. The van der Waals surface area contributed by atoms with Gasteiger partial charge < -0.3 is 14.2 Å². The number of carbonyl (C=O) groups is 1. The number of aromatic carboxylic acids is 1. The van der Waals surface area contributed by atoms with Crippen LogP contribution in [0.25, 0.3) is 33.1 Å². The molecule has 1 saturated heterocycles. The maximum Gasteiger partial charge on any atom is 0.335 e. The standard InChI is InChI=1S/C31H35N3O2/c35-31(36)22-12-13-25-27(18-22)34-17-16-33-20-23(19-32-14-5-2-6-15-32)24-10-7-11-26(29(24)33)30(34)28(25)21-8-3-1-4-9-21/h7,10-13,18,20-21H,1-6,8-9,14-17,19H2,(H,35,36). The fourth-order valence-electron chi connectivity index (χ4n) is 7.33. The summed E-state index contributed by atoms with van der Waals surface area (Å²) >= 11 is 0. The van der Waals surface area contributed by atoms with E-state index in [1.54, 1.807) is 6.07 Å². The molecule has 36 heavy (non-hydrogen) atoms. The first-order chi connectivity index (χ1) is 17.7. The van der Waals surface area contributed by atoms with Crippen LogP contribution in [0.5, 0.6) is 0 Å². The normalized spacial score (nSPS) is 19.0. The second-order valence-electron chi connectivity index (χ2n) is 11.2. The fourth-order valence-corrected chi connectivity index (χ4v) is 7.33. The lowest BCUT2D eigenvalue weighted by molar-refractivity contribution is 0.0697. The lowest BCUT2D eigenvalue weighted by atomic mass is 9.81. The Morgan fingerprint density at radius 2 is 1.69 bits per heavy atom. The SMILES string of the molecule is O=C(O)c1ccc2c(C3CCCCC3)c3n(c2c1)CCn1cc(CN2CCCCC2)c2cccc-3c21. The van der Waals surface area contributed by atoms with Crippen molar-refractivity contribution in [1.82, 2.24) is 14.0 Å². The lowest BCUT2D eigenvalue weighted by Crippen LogP contribution is -2.29. The van der Waals surface area contributed by atoms with Gasteiger partial charge in [-0.15, -0.1) is 0 Å². The van der Waals surface area contributed by atoms with Crippen molar-refractivity contribution in [3.05, 3.63) is 59.3 Å². The Morgan fingerprint density at radius 1 is 0.889 bits per heavy atom. The van der Waals surface area contributed by atoms with E-state index in [1.165, 1.54) is 103 Å². The first-order valence-corrected chi connectivity index (χ1v) is 13.9. The monoisotopic (exact) mass is 481 g/mol. The van der Waals surface area contributed by atoms with Gasteiger partial charge in [0.05, 0.1) is 16.8 Å². The van der Waals surface area contributed by atoms with E-state index in [0.29, 0.717) is 11.5 Å². The molecule has 2 aromatic carbocycles. The molecule has 4 aromatic rings. The zero-order valence-electron chi connectivity index (χ0n) is 21.0. The number of piperidine rings is 1. The number of fused-ring (bicyclic) bond motifs is 4. The van der Waals surface area contributed by atoms with Gasteiger partial charge in [0.15, 0.2) is 0 Å². The molecule has 1 aliphatic carbocycles. The second kappa shape index (κ2) is 8.81. The van der Waals surface area contributed by atoms with Crippen LogP contribution in [0, 0.1) is 0 Å². The minimum absolute atomic E-state index is 0.379. The Kier molecular flexibility index (Phi) is 5.42. The van der Waals surface area contributed by atoms with Crippen molar-refractivity contribution in [1.29, 1.82) is 0 Å². The van der Waals surface area contributed by atoms with Crippen LogP contribution >= 0.6 is 0 Å². The van der Waals surface area contributed by atoms with Crippen molar-refractivity contribution in [2.45, 2.75) is 76.9 Å². The van der Waals surface area contributed by atoms with E-state index >= 15 is 0 Å². The molecule has 0 unspecified atom stereocenters. The fraction of sp³-hybridized carbons (Fsp3) is 0.452. The van der Waals surface area contributed by atoms with E-state index < -0.39 is 5.97 Å². The highest BCUT2D eigenvalue weighted by atomic mass is 16.4. The van der Waals surface area contributed by atoms with Gasteiger partial charge in [-0.1, -0.05) is 49.9 Å². The minimum atomic E-state index is -0.851. The van der Waals surface area contributed by atoms with Crippen LogP contribution in [-0.2, 0) is 19.6 Å². The molecule has 186 valence electrons. The molecule has 7 rings (SSSR count). The Labute approximate surface area is 212 Å². The predicted molar refractivity (Wildman–Crippen MR) is 145 cm³/mol. The molecule has 5 nitrogen and oxygen atoms in total. The third-order valence-corrected chi connectivity index (χ3v) is 9.01. The van der Waals surface area contributed by atoms with Crippen LogP contribution in [-0.4, -0.2) is 38.2 Å². The molecule has 2 fully saturated rings. The van der Waals surface area contributed by atoms with Gasteiger partial charge in [0.2, 0.25) is 0 Å². The number of rotatable bonds is 4. The van der Waals surface area contributed by atoms with Crippen LogP contribution in [0.15, 0.2) is 42.6 Å². The third kappa shape index (κ3) is 3.51. The van der Waals surface area contributed by atoms with Gasteiger partial charge in [-0.05, 0) is 68.0 Å². The first-order valence-electron chi connectivity index (χ1n) is 13.9. The summed E-state index contributed by atoms with van der Waals surface area (Å²) in [5, 5.41) is 12.4. The number of benzene rings is 2. The van der Waals surface area contributed by atoms with Crippen molar-refractivity contribution in [2.24, 2.45) is 0 Å². The van der Waals surface area contributed by atoms with Crippen molar-refractivity contribution in [3.63, 3.8) is 0 Å². The van der Waals surface area contributed by atoms with Gasteiger partial charge in [0.1, 0.15) is 0 Å². The second-order valence-corrected chi connectivity index (χ2v) is 11.2. The van der Waals surface area contributed by atoms with Gasteiger partial charge in [0, 0.05) is 47.7 Å². The van der Waals surface area contributed by atoms with E-state index in [4.69, 9.17) is 0 Å². The van der Waals surface area contributed by atoms with Crippen molar-refractivity contribution in [3.8, 4) is 11.3 Å². The molecule has 0 bridgehead atoms. The van der Waals surface area contributed by atoms with E-state index in [-0.39, 0.29) is 0 Å². The number of nitrogens with zero attached hydrogens (tertiary/aromatic N) is 3. The van der Waals surface area contributed by atoms with Gasteiger partial charge in [-0.2, -0.15) is 0 Å². The number of carboxylic acid groups (broad SMARTS) is 1. The minimum Gasteiger partial charge on any atom is -0.478 e. The molecular weight excluding hydrogens is 446 g/mol. The van der Waals surface area contributed by atoms with Gasteiger partial charge in [0.25, 0.3) is 0 Å². The van der Waals surface area contributed by atoms with Crippen LogP contribution in [0.3, 0.4) is 0 Å². The summed E-state index contributed by atoms with van der Waals surface area (Å²) in [5.74, 6) is -0.311. The molecule has 1 saturated carbocycles. The lowest BCUT2D eigenvalue weighted by Gasteiger charge is -2.26. The highest BCUT2D eigenvalue weighted by molar-refractivity contribution is 6.03. The molecular formula is C31H35N3O2. The Hall–Kier alpha value is -3.05. The summed E-state index contributed by atoms with van der Waals surface area (Å²) < 4.78 is 4.92. The maximum absolute atomic E-state index is 11.9. The topological polar surface area (TPSA) is 50.4 Å². The summed E-state index contributed by atoms with van der Waals surface area (Å²) in [6, 6.07) is 12.7. The maximum atomic E-state index is 11.9. The summed E-state index contributed by atoms with van der Waals surface area (Å²) in [5.41, 5.74) is 8.40. The molecule has 0 radical (unpaired) electrons. The molecule has 2 aromatic heterocycles. The quantitative estimate of drug-likeness (QED) is 0.341. The number of aromatic nitrogens is 2. The first kappa shape index (κ1) is 22.2. The highest BCUT2D eigenvalue weighted by Gasteiger charge is 2.30. The van der Waals surface area contributed by atoms with Crippen molar-refractivity contribution < 1.29 is 9.90 Å². The van der Waals surface area contributed by atoms with Crippen LogP contribution in [0.1, 0.15) is 78.8 Å². The molecule has 4 heterocycles. The smallest absolute Gasteiger partial charge is 0.335 e. The number of aryl methyl sites for hydroxylation is 2. The number of likely N-dealkylation sites (tertiary alicyclic amines) is 1. The summed E-state index contributed by atoms with van der Waals surface area (Å²) in [6.07, 6.45) is 12.7. The largest absolute Gasteiger partial charge is 0.478 e. The van der Waals surface area contributed by atoms with Crippen molar-refractivity contribution >= 4 is 27.8 Å². The Morgan fingerprint density at radius 3 is 2.50 bits per heavy atom. The Balaban J connectivity index is 1.45. The van der Waals surface area contributed by atoms with Gasteiger partial charge in [-0.25, -0.2) is 4.79 Å². The van der Waals surface area contributed by atoms with Gasteiger partial charge in [-0.3, -0.25) is 4.90 Å².